The number of carbonyl (C=O) groups excluding carboxylic acids is 1. The molecule has 1 amide bonds. The number of rotatable bonds is 5. The van der Waals surface area contributed by atoms with Gasteiger partial charge in [0.05, 0.1) is 16.1 Å². The van der Waals surface area contributed by atoms with Crippen molar-refractivity contribution in [1.82, 2.24) is 20.5 Å². The fraction of sp³-hybridized carbons (Fsp3) is 0.412. The maximum absolute atomic E-state index is 12.4. The molecule has 0 bridgehead atoms. The first-order chi connectivity index (χ1) is 11.3. The molecule has 1 aromatic carbocycles. The Morgan fingerprint density at radius 2 is 2.13 bits per heavy atom. The molecule has 122 valence electrons. The standard InChI is InChI=1S/C17H21ClN4O/c18-15-5-4-14(16-13(15)3-1-6-20-16)17(23)21-7-2-10-22-11-8-19-9-12-22/h1,3-6,19H,2,7-12H2,(H,21,23). The molecule has 1 saturated heterocycles. The molecule has 0 atom stereocenters. The number of hydrogen-bond donors (Lipinski definition) is 2. The lowest BCUT2D eigenvalue weighted by Gasteiger charge is -2.27. The molecule has 2 N–H and O–H groups in total. The Kier molecular flexibility index (Phi) is 5.43. The van der Waals surface area contributed by atoms with E-state index in [-0.39, 0.29) is 5.91 Å². The normalized spacial score (nSPS) is 15.7. The fourth-order valence-corrected chi connectivity index (χ4v) is 3.07. The molecule has 0 unspecified atom stereocenters. The highest BCUT2D eigenvalue weighted by atomic mass is 35.5. The maximum Gasteiger partial charge on any atom is 0.253 e. The molecule has 2 heterocycles. The van der Waals surface area contributed by atoms with Crippen molar-refractivity contribution < 1.29 is 4.79 Å². The molecule has 1 aromatic heterocycles. The number of piperazine rings is 1. The summed E-state index contributed by atoms with van der Waals surface area (Å²) in [5, 5.41) is 7.75. The third-order valence-corrected chi connectivity index (χ3v) is 4.44. The lowest BCUT2D eigenvalue weighted by atomic mass is 10.1. The number of halogens is 1. The second-order valence-corrected chi connectivity index (χ2v) is 6.10. The molecule has 23 heavy (non-hydrogen) atoms. The van der Waals surface area contributed by atoms with Crippen molar-refractivity contribution in [2.75, 3.05) is 39.3 Å². The van der Waals surface area contributed by atoms with Crippen molar-refractivity contribution >= 4 is 28.4 Å². The van der Waals surface area contributed by atoms with Crippen LogP contribution in [0, 0.1) is 0 Å². The number of nitrogens with zero attached hydrogens (tertiary/aromatic N) is 2. The monoisotopic (exact) mass is 332 g/mol. The first-order valence-electron chi connectivity index (χ1n) is 8.00. The molecule has 1 aliphatic heterocycles. The zero-order valence-electron chi connectivity index (χ0n) is 13.0. The average Bonchev–Trinajstić information content (AvgIpc) is 2.60. The number of benzene rings is 1. The van der Waals surface area contributed by atoms with Crippen LogP contribution in [-0.2, 0) is 0 Å². The predicted molar refractivity (Wildman–Crippen MR) is 93.0 cm³/mol. The van der Waals surface area contributed by atoms with E-state index in [1.807, 2.05) is 12.1 Å². The minimum atomic E-state index is -0.0920. The lowest BCUT2D eigenvalue weighted by Crippen LogP contribution is -2.44. The summed E-state index contributed by atoms with van der Waals surface area (Å²) >= 11 is 6.16. The summed E-state index contributed by atoms with van der Waals surface area (Å²) in [7, 11) is 0. The van der Waals surface area contributed by atoms with Crippen molar-refractivity contribution in [2.45, 2.75) is 6.42 Å². The molecule has 3 rings (SSSR count). The summed E-state index contributed by atoms with van der Waals surface area (Å²) in [6.07, 6.45) is 2.63. The van der Waals surface area contributed by atoms with Gasteiger partial charge >= 0.3 is 0 Å². The lowest BCUT2D eigenvalue weighted by molar-refractivity contribution is 0.0952. The van der Waals surface area contributed by atoms with Crippen LogP contribution in [0.1, 0.15) is 16.8 Å². The molecule has 0 aliphatic carbocycles. The Bertz CT molecular complexity index is 685. The zero-order valence-corrected chi connectivity index (χ0v) is 13.8. The maximum atomic E-state index is 12.4. The van der Waals surface area contributed by atoms with Gasteiger partial charge in [-0.05, 0) is 37.2 Å². The van der Waals surface area contributed by atoms with Crippen LogP contribution in [0.25, 0.3) is 10.9 Å². The number of hydrogen-bond acceptors (Lipinski definition) is 4. The van der Waals surface area contributed by atoms with Gasteiger partial charge in [-0.1, -0.05) is 11.6 Å². The van der Waals surface area contributed by atoms with E-state index in [1.54, 1.807) is 18.3 Å². The molecule has 1 aliphatic rings. The molecule has 1 fully saturated rings. The third-order valence-electron chi connectivity index (χ3n) is 4.11. The summed E-state index contributed by atoms with van der Waals surface area (Å²) in [5.41, 5.74) is 1.23. The van der Waals surface area contributed by atoms with E-state index in [4.69, 9.17) is 11.6 Å². The van der Waals surface area contributed by atoms with E-state index in [0.717, 1.165) is 44.5 Å². The molecule has 6 heteroatoms. The van der Waals surface area contributed by atoms with Gasteiger partial charge < -0.3 is 15.5 Å². The van der Waals surface area contributed by atoms with Crippen LogP contribution in [0.15, 0.2) is 30.5 Å². The minimum Gasteiger partial charge on any atom is -0.352 e. The van der Waals surface area contributed by atoms with Crippen molar-refractivity contribution in [1.29, 1.82) is 0 Å². The van der Waals surface area contributed by atoms with Gasteiger partial charge in [-0.3, -0.25) is 9.78 Å². The fourth-order valence-electron chi connectivity index (χ4n) is 2.86. The SMILES string of the molecule is O=C(NCCCN1CCNCC1)c1ccc(Cl)c2cccnc12. The van der Waals surface area contributed by atoms with Crippen LogP contribution < -0.4 is 10.6 Å². The van der Waals surface area contributed by atoms with Crippen molar-refractivity contribution in [2.24, 2.45) is 0 Å². The number of amides is 1. The first-order valence-corrected chi connectivity index (χ1v) is 8.38. The minimum absolute atomic E-state index is 0.0920. The van der Waals surface area contributed by atoms with Crippen LogP contribution in [0.5, 0.6) is 0 Å². The van der Waals surface area contributed by atoms with Gasteiger partial charge in [-0.15, -0.1) is 0 Å². The van der Waals surface area contributed by atoms with Gasteiger partial charge in [0.1, 0.15) is 0 Å². The number of carbonyl (C=O) groups is 1. The number of aromatic nitrogens is 1. The van der Waals surface area contributed by atoms with Gasteiger partial charge in [0.25, 0.3) is 5.91 Å². The van der Waals surface area contributed by atoms with E-state index in [1.165, 1.54) is 0 Å². The largest absolute Gasteiger partial charge is 0.352 e. The Hall–Kier alpha value is -1.69. The topological polar surface area (TPSA) is 57.3 Å². The second kappa shape index (κ2) is 7.73. The smallest absolute Gasteiger partial charge is 0.253 e. The first kappa shape index (κ1) is 16.2. The summed E-state index contributed by atoms with van der Waals surface area (Å²) in [6, 6.07) is 7.19. The van der Waals surface area contributed by atoms with E-state index in [2.05, 4.69) is 20.5 Å². The molecule has 5 nitrogen and oxygen atoms in total. The summed E-state index contributed by atoms with van der Waals surface area (Å²) < 4.78 is 0. The summed E-state index contributed by atoms with van der Waals surface area (Å²) in [6.45, 7) is 5.95. The van der Waals surface area contributed by atoms with Crippen LogP contribution in [0.2, 0.25) is 5.02 Å². The molecule has 0 radical (unpaired) electrons. The van der Waals surface area contributed by atoms with Crippen molar-refractivity contribution in [3.05, 3.63) is 41.0 Å². The van der Waals surface area contributed by atoms with Gasteiger partial charge in [0.15, 0.2) is 0 Å². The Balaban J connectivity index is 1.57. The van der Waals surface area contributed by atoms with Crippen LogP contribution in [0.4, 0.5) is 0 Å². The second-order valence-electron chi connectivity index (χ2n) is 5.70. The molecule has 0 spiro atoms. The highest BCUT2D eigenvalue weighted by molar-refractivity contribution is 6.36. The van der Waals surface area contributed by atoms with Crippen molar-refractivity contribution in [3.8, 4) is 0 Å². The van der Waals surface area contributed by atoms with Crippen molar-refractivity contribution in [3.63, 3.8) is 0 Å². The average molecular weight is 333 g/mol. The predicted octanol–water partition coefficient (Wildman–Crippen LogP) is 1.91. The van der Waals surface area contributed by atoms with Gasteiger partial charge in [-0.2, -0.15) is 0 Å². The van der Waals surface area contributed by atoms with Crippen LogP contribution >= 0.6 is 11.6 Å². The van der Waals surface area contributed by atoms with E-state index in [9.17, 15) is 4.79 Å². The van der Waals surface area contributed by atoms with Crippen LogP contribution in [-0.4, -0.2) is 55.1 Å². The molecular weight excluding hydrogens is 312 g/mol. The Morgan fingerprint density at radius 1 is 1.30 bits per heavy atom. The Morgan fingerprint density at radius 3 is 2.96 bits per heavy atom. The molecule has 2 aromatic rings. The Labute approximate surface area is 141 Å². The highest BCUT2D eigenvalue weighted by Gasteiger charge is 2.13. The zero-order chi connectivity index (χ0) is 16.1. The number of nitrogens with one attached hydrogen (secondary N) is 2. The number of pyridine rings is 1. The number of fused-ring (bicyclic) bond motifs is 1. The van der Waals surface area contributed by atoms with Gasteiger partial charge in [-0.25, -0.2) is 0 Å². The van der Waals surface area contributed by atoms with E-state index >= 15 is 0 Å². The highest BCUT2D eigenvalue weighted by Crippen LogP contribution is 2.24. The van der Waals surface area contributed by atoms with Crippen LogP contribution in [0.3, 0.4) is 0 Å². The summed E-state index contributed by atoms with van der Waals surface area (Å²) in [4.78, 5) is 19.1. The third kappa shape index (κ3) is 3.99. The van der Waals surface area contributed by atoms with Gasteiger partial charge in [0.2, 0.25) is 0 Å². The van der Waals surface area contributed by atoms with E-state index < -0.39 is 0 Å². The molecule has 0 saturated carbocycles. The summed E-state index contributed by atoms with van der Waals surface area (Å²) in [5.74, 6) is -0.0920. The van der Waals surface area contributed by atoms with Gasteiger partial charge in [0, 0.05) is 44.3 Å². The quantitative estimate of drug-likeness (QED) is 0.821. The van der Waals surface area contributed by atoms with E-state index in [0.29, 0.717) is 22.6 Å². The molecular formula is C17H21ClN4O.